The van der Waals surface area contributed by atoms with Gasteiger partial charge in [-0.2, -0.15) is 0 Å². The molecule has 0 radical (unpaired) electrons. The Hall–Kier alpha value is -2.70. The van der Waals surface area contributed by atoms with Gasteiger partial charge in [-0.1, -0.05) is 61.5 Å². The monoisotopic (exact) mass is 393 g/mol. The van der Waals surface area contributed by atoms with Crippen molar-refractivity contribution >= 4 is 11.9 Å². The first-order valence-corrected chi connectivity index (χ1v) is 10.2. The maximum absolute atomic E-state index is 13.4. The van der Waals surface area contributed by atoms with E-state index in [0.29, 0.717) is 19.5 Å². The summed E-state index contributed by atoms with van der Waals surface area (Å²) in [6.07, 6.45) is 1.00. The van der Waals surface area contributed by atoms with Crippen molar-refractivity contribution < 1.29 is 14.7 Å². The molecule has 0 saturated carbocycles. The highest BCUT2D eigenvalue weighted by molar-refractivity contribution is 6.07. The molecule has 0 bridgehead atoms. The Bertz CT molecular complexity index is 901. The topological polar surface area (TPSA) is 72.9 Å². The molecule has 2 aromatic carbocycles. The largest absolute Gasteiger partial charge is 0.392 e. The van der Waals surface area contributed by atoms with E-state index in [1.165, 1.54) is 4.90 Å². The van der Waals surface area contributed by atoms with Gasteiger partial charge in [0, 0.05) is 19.6 Å². The first-order valence-electron chi connectivity index (χ1n) is 10.2. The van der Waals surface area contributed by atoms with Gasteiger partial charge in [0.2, 0.25) is 0 Å². The fourth-order valence-electron chi connectivity index (χ4n) is 4.36. The van der Waals surface area contributed by atoms with Gasteiger partial charge in [-0.25, -0.2) is 4.79 Å². The van der Waals surface area contributed by atoms with E-state index >= 15 is 0 Å². The molecule has 2 fully saturated rings. The molecule has 2 aromatic rings. The Kier molecular flexibility index (Phi) is 5.39. The van der Waals surface area contributed by atoms with Crippen molar-refractivity contribution in [2.75, 3.05) is 13.1 Å². The van der Waals surface area contributed by atoms with E-state index in [0.717, 1.165) is 29.7 Å². The fourth-order valence-corrected chi connectivity index (χ4v) is 4.36. The molecule has 2 aliphatic heterocycles. The molecule has 2 unspecified atom stereocenters. The molecular weight excluding hydrogens is 366 g/mol. The summed E-state index contributed by atoms with van der Waals surface area (Å²) >= 11 is 0. The fraction of sp³-hybridized carbons (Fsp3) is 0.391. The molecule has 0 spiro atoms. The predicted octanol–water partition coefficient (Wildman–Crippen LogP) is 2.61. The first-order chi connectivity index (χ1) is 14.0. The van der Waals surface area contributed by atoms with E-state index in [-0.39, 0.29) is 24.6 Å². The third-order valence-electron chi connectivity index (χ3n) is 6.06. The zero-order valence-corrected chi connectivity index (χ0v) is 16.7. The van der Waals surface area contributed by atoms with Gasteiger partial charge in [-0.05, 0) is 29.5 Å². The highest BCUT2D eigenvalue weighted by Crippen LogP contribution is 2.33. The number of imide groups is 1. The number of rotatable bonds is 6. The third-order valence-corrected chi connectivity index (χ3v) is 6.06. The van der Waals surface area contributed by atoms with Gasteiger partial charge >= 0.3 is 6.03 Å². The van der Waals surface area contributed by atoms with Gasteiger partial charge in [0.25, 0.3) is 5.91 Å². The van der Waals surface area contributed by atoms with E-state index < -0.39 is 5.54 Å². The maximum atomic E-state index is 13.4. The van der Waals surface area contributed by atoms with Crippen molar-refractivity contribution in [1.29, 1.82) is 0 Å². The van der Waals surface area contributed by atoms with Crippen LogP contribution in [0.3, 0.4) is 0 Å². The lowest BCUT2D eigenvalue weighted by Crippen LogP contribution is -2.43. The number of hydrogen-bond donors (Lipinski definition) is 2. The molecule has 3 amide bonds. The number of likely N-dealkylation sites (tertiary alicyclic amines) is 1. The highest BCUT2D eigenvalue weighted by atomic mass is 16.3. The average Bonchev–Trinajstić information content (AvgIpc) is 3.26. The number of amides is 3. The van der Waals surface area contributed by atoms with Gasteiger partial charge in [-0.3, -0.25) is 14.6 Å². The van der Waals surface area contributed by atoms with E-state index in [2.05, 4.69) is 10.2 Å². The molecule has 2 N–H and O–H groups in total. The Morgan fingerprint density at radius 1 is 1.03 bits per heavy atom. The second-order valence-corrected chi connectivity index (χ2v) is 7.89. The lowest BCUT2D eigenvalue weighted by atomic mass is 9.87. The zero-order chi connectivity index (χ0) is 20.4. The summed E-state index contributed by atoms with van der Waals surface area (Å²) in [6.45, 7) is 4.37. The van der Waals surface area contributed by atoms with Gasteiger partial charge in [0.05, 0.1) is 12.6 Å². The first kappa shape index (κ1) is 19.6. The Balaban J connectivity index is 1.57. The maximum Gasteiger partial charge on any atom is 0.325 e. The quantitative estimate of drug-likeness (QED) is 0.740. The number of aliphatic hydroxyl groups is 1. The number of nitrogens with zero attached hydrogens (tertiary/aromatic N) is 2. The number of benzene rings is 2. The third kappa shape index (κ3) is 3.66. The normalized spacial score (nSPS) is 24.9. The Morgan fingerprint density at radius 2 is 1.69 bits per heavy atom. The van der Waals surface area contributed by atoms with Crippen LogP contribution in [0.2, 0.25) is 0 Å². The molecule has 2 aliphatic rings. The van der Waals surface area contributed by atoms with Gasteiger partial charge in [-0.15, -0.1) is 0 Å². The number of β-amino-alcohol motifs (C(OH)–C–C–N with tert-alkyl or cyclic N) is 1. The van der Waals surface area contributed by atoms with E-state index in [1.54, 1.807) is 0 Å². The van der Waals surface area contributed by atoms with Crippen LogP contribution in [-0.2, 0) is 23.4 Å². The average molecular weight is 393 g/mol. The standard InChI is InChI=1S/C23H27N3O3/c1-2-23(19-10-4-3-5-11-19)21(28)26(22(29)24-23)15-18-9-7-6-8-17(18)14-25-13-12-20(27)16-25/h3-11,20,27H,2,12-16H2,1H3,(H,24,29). The number of carbonyl (C=O) groups excluding carboxylic acids is 2. The zero-order valence-electron chi connectivity index (χ0n) is 16.7. The SMILES string of the molecule is CCC1(c2ccccc2)NC(=O)N(Cc2ccccc2CN2CCC(O)C2)C1=O. The molecule has 6 heteroatoms. The molecule has 2 heterocycles. The molecule has 0 aliphatic carbocycles. The van der Waals surface area contributed by atoms with Crippen LogP contribution in [-0.4, -0.2) is 46.0 Å². The van der Waals surface area contributed by atoms with Gasteiger partial charge < -0.3 is 10.4 Å². The molecule has 0 aromatic heterocycles. The van der Waals surface area contributed by atoms with Crippen LogP contribution in [0, 0.1) is 0 Å². The summed E-state index contributed by atoms with van der Waals surface area (Å²) in [5.74, 6) is -0.206. The molecule has 4 rings (SSSR count). The molecule has 2 atom stereocenters. The number of hydrogen-bond acceptors (Lipinski definition) is 4. The van der Waals surface area contributed by atoms with Crippen molar-refractivity contribution in [3.05, 3.63) is 71.3 Å². The van der Waals surface area contributed by atoms with Crippen LogP contribution >= 0.6 is 0 Å². The smallest absolute Gasteiger partial charge is 0.325 e. The van der Waals surface area contributed by atoms with E-state index in [4.69, 9.17) is 0 Å². The van der Waals surface area contributed by atoms with Crippen LogP contribution in [0.4, 0.5) is 4.79 Å². The van der Waals surface area contributed by atoms with Crippen LogP contribution in [0.15, 0.2) is 54.6 Å². The van der Waals surface area contributed by atoms with Crippen molar-refractivity contribution in [3.63, 3.8) is 0 Å². The number of aliphatic hydroxyl groups excluding tert-OH is 1. The summed E-state index contributed by atoms with van der Waals surface area (Å²) in [4.78, 5) is 29.7. The summed E-state index contributed by atoms with van der Waals surface area (Å²) < 4.78 is 0. The van der Waals surface area contributed by atoms with Crippen molar-refractivity contribution in [1.82, 2.24) is 15.1 Å². The lowest BCUT2D eigenvalue weighted by molar-refractivity contribution is -0.132. The summed E-state index contributed by atoms with van der Waals surface area (Å²) in [6, 6.07) is 17.0. The summed E-state index contributed by atoms with van der Waals surface area (Å²) in [5.41, 5.74) is 1.84. The van der Waals surface area contributed by atoms with Gasteiger partial charge in [0.15, 0.2) is 0 Å². The van der Waals surface area contributed by atoms with Gasteiger partial charge in [0.1, 0.15) is 5.54 Å². The van der Waals surface area contributed by atoms with Crippen molar-refractivity contribution in [2.24, 2.45) is 0 Å². The number of nitrogens with one attached hydrogen (secondary N) is 1. The van der Waals surface area contributed by atoms with Crippen molar-refractivity contribution in [2.45, 2.75) is 44.5 Å². The summed E-state index contributed by atoms with van der Waals surface area (Å²) in [7, 11) is 0. The molecule has 6 nitrogen and oxygen atoms in total. The second-order valence-electron chi connectivity index (χ2n) is 7.89. The minimum absolute atomic E-state index is 0.206. The number of carbonyl (C=O) groups is 2. The highest BCUT2D eigenvalue weighted by Gasteiger charge is 2.51. The number of urea groups is 1. The molecule has 152 valence electrons. The van der Waals surface area contributed by atoms with Crippen LogP contribution in [0.5, 0.6) is 0 Å². The van der Waals surface area contributed by atoms with E-state index in [9.17, 15) is 14.7 Å². The summed E-state index contributed by atoms with van der Waals surface area (Å²) in [5, 5.41) is 12.7. The Morgan fingerprint density at radius 3 is 2.31 bits per heavy atom. The minimum Gasteiger partial charge on any atom is -0.392 e. The van der Waals surface area contributed by atoms with Crippen molar-refractivity contribution in [3.8, 4) is 0 Å². The van der Waals surface area contributed by atoms with Crippen LogP contribution in [0.1, 0.15) is 36.5 Å². The van der Waals surface area contributed by atoms with E-state index in [1.807, 2.05) is 61.5 Å². The minimum atomic E-state index is -1.01. The Labute approximate surface area is 171 Å². The lowest BCUT2D eigenvalue weighted by Gasteiger charge is -2.26. The molecule has 29 heavy (non-hydrogen) atoms. The second kappa shape index (κ2) is 7.97. The van der Waals surface area contributed by atoms with Crippen LogP contribution < -0.4 is 5.32 Å². The molecule has 2 saturated heterocycles. The molecular formula is C23H27N3O3. The predicted molar refractivity (Wildman–Crippen MR) is 110 cm³/mol. The van der Waals surface area contributed by atoms with Crippen LogP contribution in [0.25, 0.3) is 0 Å².